The minimum absolute atomic E-state index is 0.182. The number of rotatable bonds is 45. The van der Waals surface area contributed by atoms with Gasteiger partial charge in [-0.2, -0.15) is 0 Å². The van der Waals surface area contributed by atoms with Gasteiger partial charge in [0.25, 0.3) is 0 Å². The second-order valence-electron chi connectivity index (χ2n) is 16.1. The van der Waals surface area contributed by atoms with Gasteiger partial charge in [0.2, 0.25) is 0 Å². The topological polar surface area (TPSA) is 149 Å². The number of unbranched alkanes of at least 4 members (excludes halogenated alkanes) is 25. The number of esters is 2. The van der Waals surface area contributed by atoms with E-state index >= 15 is 0 Å². The third kappa shape index (κ3) is 42.7. The Balaban J connectivity index is 3.86. The molecule has 0 bridgehead atoms. The second kappa shape index (κ2) is 44.3. The number of aliphatic hydroxyl groups excluding tert-OH is 2. The van der Waals surface area contributed by atoms with Gasteiger partial charge in [0.05, 0.1) is 26.4 Å². The summed E-state index contributed by atoms with van der Waals surface area (Å²) in [4.78, 5) is 34.6. The van der Waals surface area contributed by atoms with Crippen molar-refractivity contribution in [1.29, 1.82) is 0 Å². The van der Waals surface area contributed by atoms with Crippen molar-refractivity contribution in [2.45, 2.75) is 232 Å². The molecule has 10 nitrogen and oxygen atoms in total. The minimum Gasteiger partial charge on any atom is -0.457 e. The number of ether oxygens (including phenoxy) is 2. The Morgan fingerprint density at radius 3 is 1.15 bits per heavy atom. The molecule has 0 saturated heterocycles. The van der Waals surface area contributed by atoms with Crippen LogP contribution in [-0.4, -0.2) is 65.7 Å². The number of hydrogen-bond acceptors (Lipinski definition) is 9. The number of hydrogen-bond donors (Lipinski definition) is 3. The molecular weight excluding hydrogens is 767 g/mol. The molecule has 0 aromatic heterocycles. The number of phosphoric ester groups is 1. The van der Waals surface area contributed by atoms with Crippen molar-refractivity contribution in [2.24, 2.45) is 0 Å². The van der Waals surface area contributed by atoms with Crippen molar-refractivity contribution >= 4 is 19.8 Å². The fraction of sp³-hybridized carbons (Fsp3) is 0.833. The molecule has 0 saturated carbocycles. The van der Waals surface area contributed by atoms with E-state index in [-0.39, 0.29) is 12.8 Å². The average Bonchev–Trinajstić information content (AvgIpc) is 3.22. The normalized spacial score (nSPS) is 14.1. The summed E-state index contributed by atoms with van der Waals surface area (Å²) >= 11 is 0. The highest BCUT2D eigenvalue weighted by molar-refractivity contribution is 7.47. The van der Waals surface area contributed by atoms with Gasteiger partial charge in [-0.3, -0.25) is 18.6 Å². The minimum atomic E-state index is -4.64. The molecule has 3 unspecified atom stereocenters. The van der Waals surface area contributed by atoms with Crippen LogP contribution < -0.4 is 0 Å². The summed E-state index contributed by atoms with van der Waals surface area (Å²) < 4.78 is 32.7. The summed E-state index contributed by atoms with van der Waals surface area (Å²) in [6.45, 7) is 2.12. The van der Waals surface area contributed by atoms with Crippen LogP contribution in [-0.2, 0) is 32.7 Å². The Morgan fingerprint density at radius 2 is 0.797 bits per heavy atom. The molecule has 11 heteroatoms. The number of allylic oxidation sites excluding steroid dienone is 6. The van der Waals surface area contributed by atoms with Gasteiger partial charge < -0.3 is 24.6 Å². The highest BCUT2D eigenvalue weighted by Gasteiger charge is 2.27. The van der Waals surface area contributed by atoms with E-state index in [0.29, 0.717) is 12.8 Å². The number of carbonyl (C=O) groups is 2. The first-order chi connectivity index (χ1) is 28.8. The lowest BCUT2D eigenvalue weighted by Crippen LogP contribution is -2.28. The van der Waals surface area contributed by atoms with Crippen molar-refractivity contribution in [2.75, 3.05) is 26.4 Å². The maximum absolute atomic E-state index is 12.4. The van der Waals surface area contributed by atoms with Gasteiger partial charge in [-0.25, -0.2) is 4.57 Å². The van der Waals surface area contributed by atoms with Gasteiger partial charge >= 0.3 is 19.8 Å². The zero-order chi connectivity index (χ0) is 43.3. The first-order valence-corrected chi connectivity index (χ1v) is 25.4. The van der Waals surface area contributed by atoms with Crippen LogP contribution in [0.5, 0.6) is 0 Å². The fourth-order valence-electron chi connectivity index (χ4n) is 6.72. The van der Waals surface area contributed by atoms with E-state index in [1.807, 2.05) is 0 Å². The Labute approximate surface area is 361 Å². The largest absolute Gasteiger partial charge is 0.472 e. The van der Waals surface area contributed by atoms with Gasteiger partial charge in [0, 0.05) is 12.8 Å². The quantitative estimate of drug-likeness (QED) is 0.0234. The first kappa shape index (κ1) is 57.2. The maximum atomic E-state index is 12.4. The van der Waals surface area contributed by atoms with Gasteiger partial charge in [-0.05, 0) is 44.9 Å². The summed E-state index contributed by atoms with van der Waals surface area (Å²) in [5.41, 5.74) is 0. The summed E-state index contributed by atoms with van der Waals surface area (Å²) in [5.74, 6) is -1.02. The summed E-state index contributed by atoms with van der Waals surface area (Å²) in [5, 5.41) is 19.2. The SMILES string of the molecule is CC/C=C\C/C=C\C/C=C\CCCCCCCCCC(=O)OC(CO)COP(=O)(O)OCC(CO)OC(=O)CCCCCCCCCCCCCCCCCCCCC. The number of phosphoric acid groups is 1. The van der Waals surface area contributed by atoms with Crippen molar-refractivity contribution < 1.29 is 47.8 Å². The zero-order valence-electron chi connectivity index (χ0n) is 37.7. The lowest BCUT2D eigenvalue weighted by atomic mass is 10.0. The van der Waals surface area contributed by atoms with Gasteiger partial charge in [-0.15, -0.1) is 0 Å². The molecule has 0 aromatic rings. The van der Waals surface area contributed by atoms with Gasteiger partial charge in [0.1, 0.15) is 12.2 Å². The highest BCUT2D eigenvalue weighted by atomic mass is 31.2. The van der Waals surface area contributed by atoms with E-state index < -0.39 is 58.4 Å². The Bertz CT molecular complexity index is 1080. The number of aliphatic hydroxyl groups is 2. The van der Waals surface area contributed by atoms with Crippen molar-refractivity contribution in [3.63, 3.8) is 0 Å². The van der Waals surface area contributed by atoms with Crippen LogP contribution in [0.25, 0.3) is 0 Å². The Hall–Kier alpha value is -1.81. The smallest absolute Gasteiger partial charge is 0.457 e. The molecule has 346 valence electrons. The fourth-order valence-corrected chi connectivity index (χ4v) is 7.50. The van der Waals surface area contributed by atoms with Crippen molar-refractivity contribution in [3.8, 4) is 0 Å². The van der Waals surface area contributed by atoms with Crippen LogP contribution >= 0.6 is 7.82 Å². The standard InChI is InChI=1S/C48H89O10P/c1-3-5-7-9-11-13-15-17-19-21-22-24-26-28-30-32-34-36-38-40-48(52)58-46(42-50)44-56-59(53,54)55-43-45(41-49)57-47(51)39-37-35-33-31-29-27-25-23-20-18-16-14-12-10-8-6-4-2/h6,8,12,14,18,20,45-46,49-50H,3-5,7,9-11,13,15-17,19,21-44H2,1-2H3,(H,53,54)/b8-6-,14-12-,20-18-. The molecule has 3 N–H and O–H groups in total. The maximum Gasteiger partial charge on any atom is 0.472 e. The molecule has 0 radical (unpaired) electrons. The predicted octanol–water partition coefficient (Wildman–Crippen LogP) is 13.1. The van der Waals surface area contributed by atoms with Gasteiger partial charge in [-0.1, -0.05) is 198 Å². The summed E-state index contributed by atoms with van der Waals surface area (Å²) in [6, 6.07) is 0. The van der Waals surface area contributed by atoms with Crippen LogP contribution in [0.15, 0.2) is 36.5 Å². The molecular formula is C48H89O10P. The summed E-state index contributed by atoms with van der Waals surface area (Å²) in [7, 11) is -4.64. The van der Waals surface area contributed by atoms with E-state index in [2.05, 4.69) is 50.3 Å². The summed E-state index contributed by atoms with van der Waals surface area (Å²) in [6.07, 6.45) is 46.9. The van der Waals surface area contributed by atoms with Crippen LogP contribution in [0.1, 0.15) is 219 Å². The van der Waals surface area contributed by atoms with E-state index in [0.717, 1.165) is 70.6 Å². The Morgan fingerprint density at radius 1 is 0.475 bits per heavy atom. The Kier molecular flexibility index (Phi) is 42.9. The molecule has 0 aliphatic rings. The second-order valence-corrected chi connectivity index (χ2v) is 17.5. The van der Waals surface area contributed by atoms with Crippen LogP contribution in [0.2, 0.25) is 0 Å². The third-order valence-corrected chi connectivity index (χ3v) is 11.3. The van der Waals surface area contributed by atoms with E-state index in [9.17, 15) is 29.3 Å². The van der Waals surface area contributed by atoms with Crippen LogP contribution in [0.3, 0.4) is 0 Å². The van der Waals surface area contributed by atoms with Crippen LogP contribution in [0.4, 0.5) is 0 Å². The average molecular weight is 857 g/mol. The predicted molar refractivity (Wildman–Crippen MR) is 242 cm³/mol. The molecule has 0 rings (SSSR count). The lowest BCUT2D eigenvalue weighted by molar-refractivity contribution is -0.153. The van der Waals surface area contributed by atoms with Crippen molar-refractivity contribution in [3.05, 3.63) is 36.5 Å². The molecule has 59 heavy (non-hydrogen) atoms. The molecule has 0 aliphatic carbocycles. The molecule has 3 atom stereocenters. The highest BCUT2D eigenvalue weighted by Crippen LogP contribution is 2.43. The van der Waals surface area contributed by atoms with Crippen molar-refractivity contribution in [1.82, 2.24) is 0 Å². The lowest BCUT2D eigenvalue weighted by Gasteiger charge is -2.20. The molecule has 0 spiro atoms. The van der Waals surface area contributed by atoms with E-state index in [4.69, 9.17) is 18.5 Å². The molecule has 0 heterocycles. The van der Waals surface area contributed by atoms with E-state index in [1.165, 1.54) is 109 Å². The molecule has 0 fully saturated rings. The zero-order valence-corrected chi connectivity index (χ0v) is 38.6. The third-order valence-electron chi connectivity index (χ3n) is 10.4. The van der Waals surface area contributed by atoms with Gasteiger partial charge in [0.15, 0.2) is 0 Å². The molecule has 0 amide bonds. The molecule has 0 aromatic carbocycles. The van der Waals surface area contributed by atoms with Crippen LogP contribution in [0, 0.1) is 0 Å². The number of carbonyl (C=O) groups excluding carboxylic acids is 2. The monoisotopic (exact) mass is 857 g/mol. The first-order valence-electron chi connectivity index (χ1n) is 23.9. The van der Waals surface area contributed by atoms with E-state index in [1.54, 1.807) is 0 Å². The molecule has 0 aliphatic heterocycles.